The minimum Gasteiger partial charge on any atom is -0.445 e. The molecule has 4 rings (SSSR count). The Morgan fingerprint density at radius 2 is 1.70 bits per heavy atom. The summed E-state index contributed by atoms with van der Waals surface area (Å²) in [7, 11) is 0. The summed E-state index contributed by atoms with van der Waals surface area (Å²) in [5.74, 6) is -0.773. The van der Waals surface area contributed by atoms with Crippen LogP contribution in [0, 0.1) is 0 Å². The Kier molecular flexibility index (Phi) is 7.45. The van der Waals surface area contributed by atoms with Gasteiger partial charge in [0.15, 0.2) is 12.1 Å². The van der Waals surface area contributed by atoms with E-state index in [0.29, 0.717) is 13.0 Å². The number of carbonyl (C=O) groups is 1. The van der Waals surface area contributed by atoms with Crippen LogP contribution in [0.3, 0.4) is 0 Å². The number of hydrogen-bond donors (Lipinski definition) is 1. The van der Waals surface area contributed by atoms with E-state index >= 15 is 0 Å². The van der Waals surface area contributed by atoms with E-state index in [-0.39, 0.29) is 6.61 Å². The van der Waals surface area contributed by atoms with Gasteiger partial charge in [0.1, 0.15) is 24.9 Å². The lowest BCUT2D eigenvalue weighted by atomic mass is 10.0. The maximum Gasteiger partial charge on any atom is 0.407 e. The van der Waals surface area contributed by atoms with Crippen molar-refractivity contribution in [2.45, 2.75) is 69.9 Å². The lowest BCUT2D eigenvalue weighted by molar-refractivity contribution is -0.222. The van der Waals surface area contributed by atoms with Crippen molar-refractivity contribution in [3.63, 3.8) is 0 Å². The van der Waals surface area contributed by atoms with E-state index in [1.807, 2.05) is 74.5 Å². The van der Waals surface area contributed by atoms with Crippen molar-refractivity contribution >= 4 is 6.09 Å². The molecule has 0 spiro atoms. The average Bonchev–Trinajstić information content (AvgIpc) is 3.29. The first-order chi connectivity index (χ1) is 15.9. The number of alkyl carbamates (subject to hydrolysis) is 1. The van der Waals surface area contributed by atoms with E-state index in [9.17, 15) is 4.79 Å². The Morgan fingerprint density at radius 3 is 2.33 bits per heavy atom. The van der Waals surface area contributed by atoms with Gasteiger partial charge in [-0.15, -0.1) is 6.58 Å². The van der Waals surface area contributed by atoms with Gasteiger partial charge in [-0.05, 0) is 31.4 Å². The molecule has 2 heterocycles. The van der Waals surface area contributed by atoms with Gasteiger partial charge in [-0.2, -0.15) is 0 Å². The van der Waals surface area contributed by atoms with Gasteiger partial charge >= 0.3 is 6.09 Å². The first-order valence-electron chi connectivity index (χ1n) is 11.2. The van der Waals surface area contributed by atoms with E-state index in [0.717, 1.165) is 11.1 Å². The molecule has 1 unspecified atom stereocenters. The molecule has 2 saturated heterocycles. The number of rotatable bonds is 9. The fourth-order valence-electron chi connectivity index (χ4n) is 4.16. The van der Waals surface area contributed by atoms with Crippen LogP contribution in [0.5, 0.6) is 0 Å². The highest BCUT2D eigenvalue weighted by molar-refractivity contribution is 5.67. The summed E-state index contributed by atoms with van der Waals surface area (Å²) in [6.45, 7) is 8.09. The zero-order valence-electron chi connectivity index (χ0n) is 19.0. The molecule has 0 aliphatic carbocycles. The molecule has 0 aromatic heterocycles. The molecule has 2 aromatic carbocycles. The third-order valence-corrected chi connectivity index (χ3v) is 5.65. The highest BCUT2D eigenvalue weighted by Gasteiger charge is 2.57. The second-order valence-corrected chi connectivity index (χ2v) is 8.67. The average molecular weight is 454 g/mol. The van der Waals surface area contributed by atoms with E-state index in [1.165, 1.54) is 0 Å². The molecule has 33 heavy (non-hydrogen) atoms. The van der Waals surface area contributed by atoms with Gasteiger partial charge in [-0.1, -0.05) is 66.7 Å². The molecule has 7 nitrogen and oxygen atoms in total. The van der Waals surface area contributed by atoms with Gasteiger partial charge in [-0.3, -0.25) is 0 Å². The maximum atomic E-state index is 12.6. The molecule has 0 radical (unpaired) electrons. The molecule has 5 atom stereocenters. The first kappa shape index (κ1) is 23.4. The molecule has 2 aliphatic rings. The first-order valence-corrected chi connectivity index (χ1v) is 11.2. The number of benzene rings is 2. The van der Waals surface area contributed by atoms with Crippen LogP contribution >= 0.6 is 0 Å². The van der Waals surface area contributed by atoms with Gasteiger partial charge in [0.25, 0.3) is 0 Å². The lowest BCUT2D eigenvalue weighted by Crippen LogP contribution is -2.50. The summed E-state index contributed by atoms with van der Waals surface area (Å²) in [6.07, 6.45) is -0.268. The molecule has 2 fully saturated rings. The molecule has 2 aliphatic heterocycles. The molecule has 7 heteroatoms. The SMILES string of the molecule is C=CCC(NC(=O)OCc1ccccc1)[C@H]1O[C@@H]2OC(C)(C)O[C@@H]2[C@H]1OCc1ccccc1. The monoisotopic (exact) mass is 453 g/mol. The molecule has 0 saturated carbocycles. The third-order valence-electron chi connectivity index (χ3n) is 5.65. The quantitative estimate of drug-likeness (QED) is 0.570. The Balaban J connectivity index is 1.44. The Bertz CT molecular complexity index is 919. The standard InChI is InChI=1S/C26H31NO6/c1-4-11-20(27-25(28)30-17-19-14-9-6-10-15-19)21-22(29-16-18-12-7-5-8-13-18)23-24(31-21)33-26(2,3)32-23/h4-10,12-15,20-24H,1,11,16-17H2,2-3H3,(H,27,28)/t20?,21-,22+,23-,24-/m1/s1. The van der Waals surface area contributed by atoms with Crippen molar-refractivity contribution in [2.75, 3.05) is 0 Å². The largest absolute Gasteiger partial charge is 0.445 e. The molecular weight excluding hydrogens is 422 g/mol. The molecule has 1 N–H and O–H groups in total. The zero-order chi connectivity index (χ0) is 23.3. The minimum atomic E-state index is -0.773. The van der Waals surface area contributed by atoms with Crippen LogP contribution < -0.4 is 5.32 Å². The van der Waals surface area contributed by atoms with E-state index in [4.69, 9.17) is 23.7 Å². The molecule has 1 amide bonds. The van der Waals surface area contributed by atoms with Gasteiger partial charge < -0.3 is 29.0 Å². The second kappa shape index (κ2) is 10.5. The predicted octanol–water partition coefficient (Wildman–Crippen LogP) is 4.32. The fraction of sp³-hybridized carbons (Fsp3) is 0.423. The van der Waals surface area contributed by atoms with Gasteiger partial charge in [-0.25, -0.2) is 4.79 Å². The number of fused-ring (bicyclic) bond motifs is 1. The summed E-state index contributed by atoms with van der Waals surface area (Å²) in [6, 6.07) is 19.0. The van der Waals surface area contributed by atoms with Crippen molar-refractivity contribution in [1.29, 1.82) is 0 Å². The van der Waals surface area contributed by atoms with E-state index < -0.39 is 42.5 Å². The van der Waals surface area contributed by atoms with Crippen LogP contribution in [0.4, 0.5) is 4.79 Å². The van der Waals surface area contributed by atoms with Crippen molar-refractivity contribution in [2.24, 2.45) is 0 Å². The Morgan fingerprint density at radius 1 is 1.06 bits per heavy atom. The summed E-state index contributed by atoms with van der Waals surface area (Å²) in [5.41, 5.74) is 1.95. The van der Waals surface area contributed by atoms with Crippen molar-refractivity contribution < 1.29 is 28.5 Å². The van der Waals surface area contributed by atoms with Gasteiger partial charge in [0.05, 0.1) is 12.6 Å². The van der Waals surface area contributed by atoms with Crippen molar-refractivity contribution in [3.8, 4) is 0 Å². The van der Waals surface area contributed by atoms with Crippen LogP contribution in [0.2, 0.25) is 0 Å². The van der Waals surface area contributed by atoms with Crippen LogP contribution in [0.25, 0.3) is 0 Å². The number of nitrogens with one attached hydrogen (secondary N) is 1. The fourth-order valence-corrected chi connectivity index (χ4v) is 4.16. The van der Waals surface area contributed by atoms with E-state index in [1.54, 1.807) is 6.08 Å². The highest BCUT2D eigenvalue weighted by Crippen LogP contribution is 2.40. The topological polar surface area (TPSA) is 75.3 Å². The zero-order valence-corrected chi connectivity index (χ0v) is 19.0. The summed E-state index contributed by atoms with van der Waals surface area (Å²) >= 11 is 0. The van der Waals surface area contributed by atoms with Crippen LogP contribution in [0.15, 0.2) is 73.3 Å². The summed E-state index contributed by atoms with van der Waals surface area (Å²) in [5, 5.41) is 2.92. The normalized spacial score (nSPS) is 26.4. The predicted molar refractivity (Wildman–Crippen MR) is 122 cm³/mol. The summed E-state index contributed by atoms with van der Waals surface area (Å²) in [4.78, 5) is 12.6. The van der Waals surface area contributed by atoms with Crippen molar-refractivity contribution in [1.82, 2.24) is 5.32 Å². The van der Waals surface area contributed by atoms with Gasteiger partial charge in [0.2, 0.25) is 0 Å². The second-order valence-electron chi connectivity index (χ2n) is 8.67. The summed E-state index contributed by atoms with van der Waals surface area (Å²) < 4.78 is 29.9. The third kappa shape index (κ3) is 6.00. The number of ether oxygens (including phenoxy) is 5. The van der Waals surface area contributed by atoms with Crippen LogP contribution in [-0.2, 0) is 36.9 Å². The van der Waals surface area contributed by atoms with Crippen molar-refractivity contribution in [3.05, 3.63) is 84.4 Å². The maximum absolute atomic E-state index is 12.6. The number of hydrogen-bond acceptors (Lipinski definition) is 6. The minimum absolute atomic E-state index is 0.179. The number of carbonyl (C=O) groups excluding carboxylic acids is 1. The van der Waals surface area contributed by atoms with Gasteiger partial charge in [0, 0.05) is 0 Å². The molecule has 176 valence electrons. The highest BCUT2D eigenvalue weighted by atomic mass is 16.8. The molecule has 2 aromatic rings. The lowest BCUT2D eigenvalue weighted by Gasteiger charge is -2.31. The molecule has 0 bridgehead atoms. The Hall–Kier alpha value is -2.71. The molecular formula is C26H31NO6. The van der Waals surface area contributed by atoms with Crippen LogP contribution in [-0.4, -0.2) is 42.5 Å². The Labute approximate surface area is 194 Å². The number of amides is 1. The smallest absolute Gasteiger partial charge is 0.407 e. The van der Waals surface area contributed by atoms with Crippen LogP contribution in [0.1, 0.15) is 31.4 Å². The van der Waals surface area contributed by atoms with E-state index in [2.05, 4.69) is 11.9 Å².